The molecule has 2 heterocycles. The number of amides is 1. The summed E-state index contributed by atoms with van der Waals surface area (Å²) in [6.07, 6.45) is 1.53. The van der Waals surface area contributed by atoms with Gasteiger partial charge in [0, 0.05) is 39.0 Å². The molecular formula is C16H17N5O5S. The fourth-order valence-corrected chi connectivity index (χ4v) is 3.66. The van der Waals surface area contributed by atoms with Crippen molar-refractivity contribution in [3.63, 3.8) is 0 Å². The van der Waals surface area contributed by atoms with Gasteiger partial charge in [0.15, 0.2) is 4.80 Å². The van der Waals surface area contributed by atoms with Crippen LogP contribution in [0.1, 0.15) is 10.4 Å². The molecule has 1 amide bonds. The van der Waals surface area contributed by atoms with E-state index in [1.54, 1.807) is 24.8 Å². The fourth-order valence-electron chi connectivity index (χ4n) is 2.57. The average Bonchev–Trinajstić information content (AvgIpc) is 3.19. The van der Waals surface area contributed by atoms with E-state index in [4.69, 9.17) is 9.47 Å². The molecule has 0 saturated carbocycles. The highest BCUT2D eigenvalue weighted by Gasteiger charge is 2.17. The maximum Gasteiger partial charge on any atom is 0.286 e. The van der Waals surface area contributed by atoms with E-state index in [-0.39, 0.29) is 17.1 Å². The van der Waals surface area contributed by atoms with E-state index < -0.39 is 10.8 Å². The van der Waals surface area contributed by atoms with E-state index in [9.17, 15) is 14.9 Å². The molecule has 0 atom stereocenters. The molecule has 0 spiro atoms. The Kier molecular flexibility index (Phi) is 5.33. The lowest BCUT2D eigenvalue weighted by Gasteiger charge is -2.04. The topological polar surface area (TPSA) is 114 Å². The number of methoxy groups -OCH3 is 2. The molecule has 11 heteroatoms. The number of hydrogen-bond donors (Lipinski definition) is 0. The number of non-ortho nitro benzene ring substituents is 1. The van der Waals surface area contributed by atoms with Crippen molar-refractivity contribution in [3.8, 4) is 5.88 Å². The number of carbonyl (C=O) groups excluding carboxylic acids is 1. The second kappa shape index (κ2) is 7.68. The second-order valence-electron chi connectivity index (χ2n) is 5.58. The van der Waals surface area contributed by atoms with Gasteiger partial charge in [-0.1, -0.05) is 11.3 Å². The van der Waals surface area contributed by atoms with Crippen LogP contribution in [-0.4, -0.2) is 46.0 Å². The monoisotopic (exact) mass is 391 g/mol. The summed E-state index contributed by atoms with van der Waals surface area (Å²) in [5, 5.41) is 15.1. The highest BCUT2D eigenvalue weighted by Crippen LogP contribution is 2.23. The zero-order chi connectivity index (χ0) is 19.6. The number of thiazole rings is 1. The van der Waals surface area contributed by atoms with Gasteiger partial charge in [-0.15, -0.1) is 5.10 Å². The van der Waals surface area contributed by atoms with Gasteiger partial charge in [0.25, 0.3) is 11.6 Å². The van der Waals surface area contributed by atoms with Gasteiger partial charge in [0.1, 0.15) is 5.56 Å². The lowest BCUT2D eigenvalue weighted by Crippen LogP contribution is -2.19. The Hall–Kier alpha value is -3.05. The second-order valence-corrected chi connectivity index (χ2v) is 6.59. The predicted octanol–water partition coefficient (Wildman–Crippen LogP) is 1.74. The van der Waals surface area contributed by atoms with Crippen molar-refractivity contribution in [3.05, 3.63) is 44.9 Å². The van der Waals surface area contributed by atoms with Gasteiger partial charge in [0.05, 0.1) is 28.9 Å². The van der Waals surface area contributed by atoms with Crippen LogP contribution < -0.4 is 9.54 Å². The molecule has 3 aromatic rings. The first-order chi connectivity index (χ1) is 12.9. The van der Waals surface area contributed by atoms with Gasteiger partial charge < -0.3 is 14.0 Å². The Balaban J connectivity index is 2.14. The van der Waals surface area contributed by atoms with Crippen molar-refractivity contribution in [2.45, 2.75) is 6.54 Å². The number of nitro groups is 1. The Bertz CT molecular complexity index is 1080. The molecule has 0 aliphatic rings. The molecular weight excluding hydrogens is 374 g/mol. The summed E-state index contributed by atoms with van der Waals surface area (Å²) < 4.78 is 14.2. The summed E-state index contributed by atoms with van der Waals surface area (Å²) in [5.74, 6) is -0.321. The van der Waals surface area contributed by atoms with Crippen LogP contribution in [0.15, 0.2) is 29.4 Å². The molecule has 0 N–H and O–H groups in total. The first-order valence-electron chi connectivity index (χ1n) is 7.88. The SMILES string of the molecule is COCCn1c(=NC(=O)c2cn(C)nc2OC)sc2cc([N+](=O)[O-])ccc21. The molecule has 142 valence electrons. The molecule has 0 saturated heterocycles. The minimum Gasteiger partial charge on any atom is -0.479 e. The van der Waals surface area contributed by atoms with Crippen LogP contribution in [0.4, 0.5) is 5.69 Å². The molecule has 0 bridgehead atoms. The van der Waals surface area contributed by atoms with Crippen molar-refractivity contribution in [1.82, 2.24) is 14.3 Å². The zero-order valence-electron chi connectivity index (χ0n) is 14.9. The first-order valence-corrected chi connectivity index (χ1v) is 8.69. The minimum atomic E-state index is -0.507. The van der Waals surface area contributed by atoms with Crippen molar-refractivity contribution in [2.24, 2.45) is 12.0 Å². The average molecular weight is 391 g/mol. The third-order valence-corrected chi connectivity index (χ3v) is 4.85. The molecule has 1 aromatic carbocycles. The molecule has 10 nitrogen and oxygen atoms in total. The Morgan fingerprint density at radius 1 is 1.41 bits per heavy atom. The van der Waals surface area contributed by atoms with E-state index in [1.165, 1.54) is 41.5 Å². The molecule has 3 rings (SSSR count). The van der Waals surface area contributed by atoms with Gasteiger partial charge in [-0.25, -0.2) is 0 Å². The quantitative estimate of drug-likeness (QED) is 0.467. The molecule has 0 radical (unpaired) electrons. The van der Waals surface area contributed by atoms with Crippen LogP contribution in [-0.2, 0) is 18.3 Å². The highest BCUT2D eigenvalue weighted by molar-refractivity contribution is 7.16. The highest BCUT2D eigenvalue weighted by atomic mass is 32.1. The molecule has 0 unspecified atom stereocenters. The third kappa shape index (κ3) is 3.73. The van der Waals surface area contributed by atoms with Crippen LogP contribution in [0.2, 0.25) is 0 Å². The largest absolute Gasteiger partial charge is 0.479 e. The number of nitro benzene ring substituents is 1. The van der Waals surface area contributed by atoms with Gasteiger partial charge in [-0.3, -0.25) is 19.6 Å². The fraction of sp³-hybridized carbons (Fsp3) is 0.312. The van der Waals surface area contributed by atoms with Crippen molar-refractivity contribution in [1.29, 1.82) is 0 Å². The minimum absolute atomic E-state index is 0.0190. The van der Waals surface area contributed by atoms with Crippen LogP contribution in [0.5, 0.6) is 5.88 Å². The normalized spacial score (nSPS) is 11.9. The maximum absolute atomic E-state index is 12.6. The summed E-state index contributed by atoms with van der Waals surface area (Å²) in [6, 6.07) is 4.54. The van der Waals surface area contributed by atoms with Gasteiger partial charge in [-0.2, -0.15) is 4.99 Å². The van der Waals surface area contributed by atoms with E-state index in [0.29, 0.717) is 22.7 Å². The molecule has 27 heavy (non-hydrogen) atoms. The van der Waals surface area contributed by atoms with Crippen molar-refractivity contribution >= 4 is 33.1 Å². The van der Waals surface area contributed by atoms with Gasteiger partial charge in [-0.05, 0) is 6.07 Å². The number of fused-ring (bicyclic) bond motifs is 1. The molecule has 0 fully saturated rings. The summed E-state index contributed by atoms with van der Waals surface area (Å²) in [5.41, 5.74) is 0.962. The number of carbonyl (C=O) groups is 1. The van der Waals surface area contributed by atoms with Crippen LogP contribution in [0.3, 0.4) is 0 Å². The first kappa shape index (κ1) is 18.7. The number of benzene rings is 1. The lowest BCUT2D eigenvalue weighted by molar-refractivity contribution is -0.384. The van der Waals surface area contributed by atoms with Gasteiger partial charge >= 0.3 is 0 Å². The Morgan fingerprint density at radius 2 is 2.19 bits per heavy atom. The van der Waals surface area contributed by atoms with Gasteiger partial charge in [0.2, 0.25) is 5.88 Å². The summed E-state index contributed by atoms with van der Waals surface area (Å²) >= 11 is 1.20. The van der Waals surface area contributed by atoms with Crippen molar-refractivity contribution in [2.75, 3.05) is 20.8 Å². The Labute approximate surface area is 157 Å². The molecule has 2 aromatic heterocycles. The number of rotatable bonds is 6. The number of nitrogens with zero attached hydrogens (tertiary/aromatic N) is 5. The lowest BCUT2D eigenvalue weighted by atomic mass is 10.3. The zero-order valence-corrected chi connectivity index (χ0v) is 15.7. The Morgan fingerprint density at radius 3 is 2.85 bits per heavy atom. The smallest absolute Gasteiger partial charge is 0.286 e. The molecule has 0 aliphatic carbocycles. The standard InChI is InChI=1S/C16H17N5O5S/c1-19-9-11(15(18-19)26-3)14(22)17-16-20(6-7-25-2)12-5-4-10(21(23)24)8-13(12)27-16/h4-5,8-9H,6-7H2,1-3H3. The maximum atomic E-state index is 12.6. The number of hydrogen-bond acceptors (Lipinski definition) is 7. The van der Waals surface area contributed by atoms with E-state index in [2.05, 4.69) is 10.1 Å². The molecule has 0 aliphatic heterocycles. The number of aryl methyl sites for hydroxylation is 1. The van der Waals surface area contributed by atoms with Crippen LogP contribution >= 0.6 is 11.3 Å². The summed E-state index contributed by atoms with van der Waals surface area (Å²) in [4.78, 5) is 27.8. The van der Waals surface area contributed by atoms with E-state index in [0.717, 1.165) is 5.52 Å². The van der Waals surface area contributed by atoms with Crippen LogP contribution in [0, 0.1) is 10.1 Å². The summed E-state index contributed by atoms with van der Waals surface area (Å²) in [7, 11) is 4.68. The predicted molar refractivity (Wildman–Crippen MR) is 98.0 cm³/mol. The van der Waals surface area contributed by atoms with Crippen molar-refractivity contribution < 1.29 is 19.2 Å². The van der Waals surface area contributed by atoms with E-state index >= 15 is 0 Å². The summed E-state index contributed by atoms with van der Waals surface area (Å²) in [6.45, 7) is 0.852. The van der Waals surface area contributed by atoms with E-state index in [1.807, 2.05) is 0 Å². The number of ether oxygens (including phenoxy) is 2. The third-order valence-electron chi connectivity index (χ3n) is 3.81. The number of aromatic nitrogens is 3. The van der Waals surface area contributed by atoms with Crippen LogP contribution in [0.25, 0.3) is 10.2 Å².